The number of alkyl halides is 3. The molecule has 4 heterocycles. The number of ether oxygens (including phenoxy) is 1. The predicted molar refractivity (Wildman–Crippen MR) is 118 cm³/mol. The molecule has 4 rings (SSSR count). The zero-order chi connectivity index (χ0) is 24.5. The first-order chi connectivity index (χ1) is 16.2. The summed E-state index contributed by atoms with van der Waals surface area (Å²) in [7, 11) is 0. The Kier molecular flexibility index (Phi) is 6.46. The van der Waals surface area contributed by atoms with E-state index in [-0.39, 0.29) is 23.4 Å². The van der Waals surface area contributed by atoms with Crippen LogP contribution < -0.4 is 30.9 Å². The van der Waals surface area contributed by atoms with E-state index in [1.807, 2.05) is 10.2 Å². The second-order valence-corrected chi connectivity index (χ2v) is 7.98. The first-order valence-corrected chi connectivity index (χ1v) is 10.7. The number of nitrogens with two attached hydrogens (primary N) is 1. The number of urea groups is 1. The molecular formula is C21H24F3N7O3. The van der Waals surface area contributed by atoms with Crippen molar-refractivity contribution in [1.29, 1.82) is 0 Å². The van der Waals surface area contributed by atoms with E-state index < -0.39 is 24.2 Å². The van der Waals surface area contributed by atoms with E-state index in [9.17, 15) is 22.8 Å². The van der Waals surface area contributed by atoms with Crippen LogP contribution in [-0.2, 0) is 0 Å². The smallest absolute Gasteiger partial charge is 0.408 e. The maximum atomic E-state index is 13.2. The summed E-state index contributed by atoms with van der Waals surface area (Å²) < 4.78 is 44.0. The first kappa shape index (κ1) is 23.5. The number of nitrogens with zero attached hydrogens (tertiary/aromatic N) is 4. The molecule has 34 heavy (non-hydrogen) atoms. The van der Waals surface area contributed by atoms with Crippen molar-refractivity contribution in [3.05, 3.63) is 36.2 Å². The molecule has 10 nitrogen and oxygen atoms in total. The number of halogens is 3. The van der Waals surface area contributed by atoms with Crippen LogP contribution in [0.5, 0.6) is 5.75 Å². The summed E-state index contributed by atoms with van der Waals surface area (Å²) in [6.45, 7) is 2.74. The molecule has 2 aromatic heterocycles. The second kappa shape index (κ2) is 9.33. The summed E-state index contributed by atoms with van der Waals surface area (Å²) in [5.74, 6) is -0.0477. The van der Waals surface area contributed by atoms with E-state index in [0.717, 1.165) is 6.92 Å². The Hall–Kier alpha value is -3.61. The maximum absolute atomic E-state index is 13.2. The number of carbonyl (C=O) groups excluding carboxylic acids is 2. The van der Waals surface area contributed by atoms with Gasteiger partial charge in [-0.3, -0.25) is 15.0 Å². The van der Waals surface area contributed by atoms with Crippen molar-refractivity contribution in [1.82, 2.24) is 15.3 Å². The summed E-state index contributed by atoms with van der Waals surface area (Å²) in [6.07, 6.45) is -2.44. The van der Waals surface area contributed by atoms with Crippen molar-refractivity contribution in [2.24, 2.45) is 5.73 Å². The maximum Gasteiger partial charge on any atom is 0.408 e. The molecule has 0 aromatic carbocycles. The molecule has 0 radical (unpaired) electrons. The fourth-order valence-corrected chi connectivity index (χ4v) is 3.87. The number of nitrogens with one attached hydrogen (secondary N) is 2. The highest BCUT2D eigenvalue weighted by molar-refractivity contribution is 6.05. The van der Waals surface area contributed by atoms with Crippen LogP contribution in [0.25, 0.3) is 0 Å². The normalized spacial score (nSPS) is 17.7. The fraction of sp³-hybridized carbons (Fsp3) is 0.429. The van der Waals surface area contributed by atoms with Gasteiger partial charge in [-0.05, 0) is 31.5 Å². The molecule has 3 amide bonds. The van der Waals surface area contributed by atoms with Gasteiger partial charge >= 0.3 is 12.2 Å². The van der Waals surface area contributed by atoms with E-state index in [4.69, 9.17) is 10.5 Å². The number of hydrogen-bond donors (Lipinski definition) is 3. The molecule has 1 fully saturated rings. The fourth-order valence-electron chi connectivity index (χ4n) is 3.87. The number of rotatable bonds is 6. The third-order valence-electron chi connectivity index (χ3n) is 5.59. The lowest BCUT2D eigenvalue weighted by atomic mass is 10.1. The average Bonchev–Trinajstić information content (AvgIpc) is 3.21. The summed E-state index contributed by atoms with van der Waals surface area (Å²) in [5.41, 5.74) is 5.85. The predicted octanol–water partition coefficient (Wildman–Crippen LogP) is 2.13. The molecule has 2 bridgehead atoms. The number of anilines is 3. The van der Waals surface area contributed by atoms with Gasteiger partial charge in [0, 0.05) is 31.9 Å². The molecule has 13 heteroatoms. The lowest BCUT2D eigenvalue weighted by molar-refractivity contribution is -0.149. The minimum atomic E-state index is -4.59. The summed E-state index contributed by atoms with van der Waals surface area (Å²) in [6, 6.07) is 3.34. The largest absolute Gasteiger partial charge is 0.492 e. The molecule has 2 aromatic rings. The monoisotopic (exact) mass is 479 g/mol. The lowest BCUT2D eigenvalue weighted by Gasteiger charge is -2.35. The molecule has 2 atom stereocenters. The van der Waals surface area contributed by atoms with Gasteiger partial charge in [-0.2, -0.15) is 13.2 Å². The van der Waals surface area contributed by atoms with Gasteiger partial charge in [0.2, 0.25) is 0 Å². The van der Waals surface area contributed by atoms with Gasteiger partial charge in [0.15, 0.2) is 5.82 Å². The molecule has 182 valence electrons. The Balaban J connectivity index is 1.58. The van der Waals surface area contributed by atoms with Gasteiger partial charge in [0.05, 0.1) is 11.7 Å². The Bertz CT molecular complexity index is 1080. The van der Waals surface area contributed by atoms with Gasteiger partial charge in [0.1, 0.15) is 29.9 Å². The van der Waals surface area contributed by atoms with Gasteiger partial charge in [-0.15, -0.1) is 0 Å². The molecular weight excluding hydrogens is 455 g/mol. The minimum Gasteiger partial charge on any atom is -0.492 e. The number of hydrogen-bond acceptors (Lipinski definition) is 7. The highest BCUT2D eigenvalue weighted by atomic mass is 19.4. The van der Waals surface area contributed by atoms with Crippen molar-refractivity contribution in [2.75, 3.05) is 41.4 Å². The Morgan fingerprint density at radius 2 is 2.12 bits per heavy atom. The van der Waals surface area contributed by atoms with Gasteiger partial charge < -0.3 is 20.7 Å². The van der Waals surface area contributed by atoms with Crippen molar-refractivity contribution in [3.63, 3.8) is 0 Å². The molecule has 0 spiro atoms. The molecule has 4 N–H and O–H groups in total. The summed E-state index contributed by atoms with van der Waals surface area (Å²) >= 11 is 0. The standard InChI is InChI=1S/C21H24F3N7O3/c1-12(21(22,23)24)27-19(32)15-2-3-16-18(28-15)31(13-5-8-30(16)11-13)20(33)29-17-10-14(4-7-26-17)34-9-6-25/h2-4,7,10,12-13H,5-6,8-9,11,25H2,1H3,(H,27,32)(H,26,29,33)/t12-,13+/m1/s1. The number of fused-ring (bicyclic) bond motifs is 4. The van der Waals surface area contributed by atoms with Crippen LogP contribution in [0.4, 0.5) is 35.3 Å². The zero-order valence-electron chi connectivity index (χ0n) is 18.3. The number of aromatic nitrogens is 2. The third kappa shape index (κ3) is 4.83. The Labute approximate surface area is 193 Å². The minimum absolute atomic E-state index is 0.203. The van der Waals surface area contributed by atoms with Crippen LogP contribution in [0, 0.1) is 0 Å². The Morgan fingerprint density at radius 3 is 2.85 bits per heavy atom. The third-order valence-corrected chi connectivity index (χ3v) is 5.59. The van der Waals surface area contributed by atoms with E-state index in [0.29, 0.717) is 44.1 Å². The van der Waals surface area contributed by atoms with E-state index >= 15 is 0 Å². The van der Waals surface area contributed by atoms with E-state index in [2.05, 4.69) is 15.3 Å². The number of pyridine rings is 2. The van der Waals surface area contributed by atoms with Crippen LogP contribution in [0.1, 0.15) is 23.8 Å². The first-order valence-electron chi connectivity index (χ1n) is 10.7. The zero-order valence-corrected chi connectivity index (χ0v) is 18.3. The number of amides is 3. The number of carbonyl (C=O) groups is 2. The van der Waals surface area contributed by atoms with Gasteiger partial charge in [-0.1, -0.05) is 0 Å². The molecule has 0 saturated carbocycles. The average molecular weight is 479 g/mol. The lowest BCUT2D eigenvalue weighted by Crippen LogP contribution is -2.49. The van der Waals surface area contributed by atoms with Gasteiger partial charge in [0.25, 0.3) is 5.91 Å². The molecule has 2 aliphatic heterocycles. The van der Waals surface area contributed by atoms with Crippen molar-refractivity contribution in [2.45, 2.75) is 31.6 Å². The van der Waals surface area contributed by atoms with Crippen molar-refractivity contribution < 1.29 is 27.5 Å². The highest BCUT2D eigenvalue weighted by Crippen LogP contribution is 2.39. The second-order valence-electron chi connectivity index (χ2n) is 7.98. The quantitative estimate of drug-likeness (QED) is 0.580. The SMILES string of the molecule is C[C@@H](NC(=O)c1ccc2c(n1)N(C(=O)Nc1cc(OCCN)ccn1)[C@H]1CCN2C1)C(F)(F)F. The van der Waals surface area contributed by atoms with Crippen LogP contribution >= 0.6 is 0 Å². The van der Waals surface area contributed by atoms with Crippen LogP contribution in [-0.4, -0.2) is 66.4 Å². The van der Waals surface area contributed by atoms with E-state index in [1.165, 1.54) is 17.2 Å². The molecule has 0 aliphatic carbocycles. The molecule has 0 unspecified atom stereocenters. The van der Waals surface area contributed by atoms with Crippen LogP contribution in [0.3, 0.4) is 0 Å². The summed E-state index contributed by atoms with van der Waals surface area (Å²) in [5, 5.41) is 4.61. The van der Waals surface area contributed by atoms with Crippen LogP contribution in [0.15, 0.2) is 30.5 Å². The highest BCUT2D eigenvalue weighted by Gasteiger charge is 2.41. The molecule has 1 saturated heterocycles. The van der Waals surface area contributed by atoms with E-state index in [1.54, 1.807) is 18.2 Å². The van der Waals surface area contributed by atoms with Crippen LogP contribution in [0.2, 0.25) is 0 Å². The van der Waals surface area contributed by atoms with Gasteiger partial charge in [-0.25, -0.2) is 14.8 Å². The molecule has 2 aliphatic rings. The summed E-state index contributed by atoms with van der Waals surface area (Å²) in [4.78, 5) is 37.5. The topological polar surface area (TPSA) is 126 Å². The Morgan fingerprint density at radius 1 is 1.32 bits per heavy atom. The van der Waals surface area contributed by atoms with Crippen molar-refractivity contribution >= 4 is 29.3 Å². The van der Waals surface area contributed by atoms with Crippen molar-refractivity contribution in [3.8, 4) is 5.75 Å².